The van der Waals surface area contributed by atoms with Crippen molar-refractivity contribution in [3.05, 3.63) is 89.5 Å². The molecule has 2 aromatic carbocycles. The number of ether oxygens (including phenoxy) is 1. The zero-order chi connectivity index (χ0) is 15.6. The zero-order valence-electron chi connectivity index (χ0n) is 13.1. The van der Waals surface area contributed by atoms with Crippen molar-refractivity contribution in [2.75, 3.05) is 0 Å². The number of nitrogens with zero attached hydrogens (tertiary/aromatic N) is 1. The van der Waals surface area contributed by atoms with E-state index in [9.17, 15) is 0 Å². The minimum Gasteiger partial charge on any atom is -0.489 e. The van der Waals surface area contributed by atoms with Gasteiger partial charge in [0.05, 0.1) is 5.52 Å². The Bertz CT molecular complexity index is 895. The maximum Gasteiger partial charge on any atom is 0.120 e. The third kappa shape index (κ3) is 2.85. The quantitative estimate of drug-likeness (QED) is 0.694. The van der Waals surface area contributed by atoms with Crippen molar-refractivity contribution in [3.63, 3.8) is 0 Å². The summed E-state index contributed by atoms with van der Waals surface area (Å²) in [5, 5.41) is 1.16. The van der Waals surface area contributed by atoms with Crippen LogP contribution in [0.2, 0.25) is 0 Å². The Labute approximate surface area is 136 Å². The predicted molar refractivity (Wildman–Crippen MR) is 93.5 cm³/mol. The molecule has 0 bridgehead atoms. The third-order valence-electron chi connectivity index (χ3n) is 4.19. The molecule has 113 valence electrons. The molecule has 23 heavy (non-hydrogen) atoms. The number of aryl methyl sites for hydroxylation is 1. The van der Waals surface area contributed by atoms with Crippen LogP contribution in [0.3, 0.4) is 0 Å². The minimum atomic E-state index is 0.558. The zero-order valence-corrected chi connectivity index (χ0v) is 13.1. The highest BCUT2D eigenvalue weighted by atomic mass is 16.5. The summed E-state index contributed by atoms with van der Waals surface area (Å²) >= 11 is 0. The number of rotatable bonds is 3. The fourth-order valence-corrected chi connectivity index (χ4v) is 3.05. The Balaban J connectivity index is 1.60. The van der Waals surface area contributed by atoms with Crippen LogP contribution in [0.15, 0.2) is 60.7 Å². The lowest BCUT2D eigenvalue weighted by atomic mass is 9.97. The van der Waals surface area contributed by atoms with E-state index in [0.717, 1.165) is 28.8 Å². The van der Waals surface area contributed by atoms with Gasteiger partial charge in [0.2, 0.25) is 0 Å². The van der Waals surface area contributed by atoms with E-state index in [4.69, 9.17) is 4.74 Å². The molecular weight excluding hydrogens is 282 g/mol. The monoisotopic (exact) mass is 300 g/mol. The predicted octanol–water partition coefficient (Wildman–Crippen LogP) is 4.79. The van der Waals surface area contributed by atoms with Crippen LogP contribution in [0.1, 0.15) is 22.4 Å². The maximum absolute atomic E-state index is 6.06. The van der Waals surface area contributed by atoms with Crippen LogP contribution in [0, 0.1) is 13.3 Å². The molecule has 0 fully saturated rings. The van der Waals surface area contributed by atoms with Gasteiger partial charge < -0.3 is 4.74 Å². The number of hydrogen-bond acceptors (Lipinski definition) is 2. The van der Waals surface area contributed by atoms with Crippen LogP contribution in [-0.2, 0) is 13.0 Å². The first-order chi connectivity index (χ1) is 11.3. The van der Waals surface area contributed by atoms with Crippen LogP contribution in [0.25, 0.3) is 10.9 Å². The van der Waals surface area contributed by atoms with Crippen LogP contribution >= 0.6 is 0 Å². The van der Waals surface area contributed by atoms with Crippen molar-refractivity contribution in [2.24, 2.45) is 0 Å². The number of fused-ring (bicyclic) bond motifs is 2. The van der Waals surface area contributed by atoms with Crippen LogP contribution in [0.4, 0.5) is 0 Å². The number of benzene rings is 2. The molecule has 2 heteroatoms. The molecule has 2 nitrogen and oxygen atoms in total. The fourth-order valence-electron chi connectivity index (χ4n) is 3.05. The molecule has 0 saturated heterocycles. The molecule has 0 aliphatic heterocycles. The van der Waals surface area contributed by atoms with Gasteiger partial charge in [-0.15, -0.1) is 0 Å². The van der Waals surface area contributed by atoms with E-state index in [1.54, 1.807) is 0 Å². The van der Waals surface area contributed by atoms with Gasteiger partial charge in [0.1, 0.15) is 12.4 Å². The molecule has 0 unspecified atom stereocenters. The molecule has 4 rings (SSSR count). The molecule has 1 radical (unpaired) electrons. The highest BCUT2D eigenvalue weighted by molar-refractivity contribution is 5.82. The second-order valence-electron chi connectivity index (χ2n) is 5.89. The highest BCUT2D eigenvalue weighted by Gasteiger charge is 2.08. The second kappa shape index (κ2) is 5.88. The fraction of sp³-hybridized carbons (Fsp3) is 0.143. The SMILES string of the molecule is Cc1cc(COc2ccc3c(c2)CC=C[CH]3)c2ccccc2n1. The first-order valence-electron chi connectivity index (χ1n) is 7.90. The summed E-state index contributed by atoms with van der Waals surface area (Å²) in [6, 6.07) is 16.6. The average molecular weight is 300 g/mol. The number of aromatic nitrogens is 1. The van der Waals surface area contributed by atoms with Gasteiger partial charge in [-0.05, 0) is 48.7 Å². The maximum atomic E-state index is 6.06. The van der Waals surface area contributed by atoms with Crippen LogP contribution in [0.5, 0.6) is 5.75 Å². The van der Waals surface area contributed by atoms with E-state index in [1.165, 1.54) is 16.7 Å². The molecule has 0 amide bonds. The average Bonchev–Trinajstić information content (AvgIpc) is 2.59. The minimum absolute atomic E-state index is 0.558. The highest BCUT2D eigenvalue weighted by Crippen LogP contribution is 2.25. The first-order valence-corrected chi connectivity index (χ1v) is 7.90. The van der Waals surface area contributed by atoms with E-state index in [1.807, 2.05) is 31.2 Å². The molecule has 1 heterocycles. The van der Waals surface area contributed by atoms with Crippen LogP contribution in [-0.4, -0.2) is 4.98 Å². The number of allylic oxidation sites excluding steroid dienone is 2. The summed E-state index contributed by atoms with van der Waals surface area (Å²) in [7, 11) is 0. The van der Waals surface area contributed by atoms with Gasteiger partial charge in [0.25, 0.3) is 0 Å². The smallest absolute Gasteiger partial charge is 0.120 e. The Morgan fingerprint density at radius 3 is 2.96 bits per heavy atom. The lowest BCUT2D eigenvalue weighted by Crippen LogP contribution is -2.01. The summed E-state index contributed by atoms with van der Waals surface area (Å²) in [6.45, 7) is 2.58. The van der Waals surface area contributed by atoms with Gasteiger partial charge in [-0.3, -0.25) is 4.98 Å². The lowest BCUT2D eigenvalue weighted by Gasteiger charge is -2.14. The Morgan fingerprint density at radius 1 is 1.09 bits per heavy atom. The first kappa shape index (κ1) is 14.0. The number of hydrogen-bond donors (Lipinski definition) is 0. The van der Waals surface area contributed by atoms with Gasteiger partial charge in [-0.1, -0.05) is 36.4 Å². The summed E-state index contributed by atoms with van der Waals surface area (Å²) in [5.41, 5.74) is 5.83. The van der Waals surface area contributed by atoms with Crippen molar-refractivity contribution in [1.29, 1.82) is 0 Å². The third-order valence-corrected chi connectivity index (χ3v) is 4.19. The molecule has 1 aliphatic rings. The van der Waals surface area contributed by atoms with E-state index < -0.39 is 0 Å². The molecule has 3 aromatic rings. The second-order valence-corrected chi connectivity index (χ2v) is 5.89. The summed E-state index contributed by atoms with van der Waals surface area (Å²) in [4.78, 5) is 4.58. The van der Waals surface area contributed by atoms with Crippen molar-refractivity contribution >= 4 is 10.9 Å². The van der Waals surface area contributed by atoms with Gasteiger partial charge >= 0.3 is 0 Å². The molecule has 1 aromatic heterocycles. The molecule has 1 aliphatic carbocycles. The number of para-hydroxylation sites is 1. The van der Waals surface area contributed by atoms with Crippen LogP contribution < -0.4 is 4.74 Å². The topological polar surface area (TPSA) is 22.1 Å². The molecule has 0 N–H and O–H groups in total. The lowest BCUT2D eigenvalue weighted by molar-refractivity contribution is 0.307. The molecule has 0 atom stereocenters. The van der Waals surface area contributed by atoms with Crippen molar-refractivity contribution in [1.82, 2.24) is 4.98 Å². The summed E-state index contributed by atoms with van der Waals surface area (Å²) < 4.78 is 6.06. The summed E-state index contributed by atoms with van der Waals surface area (Å²) in [6.07, 6.45) is 7.39. The van der Waals surface area contributed by atoms with Crippen molar-refractivity contribution in [2.45, 2.75) is 20.0 Å². The standard InChI is InChI=1S/C21H18NO/c1-15-12-18(20-8-4-5-9-21(20)22-15)14-23-19-11-10-16-6-2-3-7-17(16)13-19/h2-6,8-13H,7,14H2,1H3. The van der Waals surface area contributed by atoms with Crippen molar-refractivity contribution in [3.8, 4) is 5.75 Å². The van der Waals surface area contributed by atoms with E-state index in [0.29, 0.717) is 6.61 Å². The molecular formula is C21H18NO. The van der Waals surface area contributed by atoms with Gasteiger partial charge in [0.15, 0.2) is 0 Å². The molecule has 0 spiro atoms. The molecule has 0 saturated carbocycles. The normalized spacial score (nSPS) is 13.1. The van der Waals surface area contributed by atoms with E-state index in [-0.39, 0.29) is 0 Å². The Kier molecular flexibility index (Phi) is 3.58. The van der Waals surface area contributed by atoms with Gasteiger partial charge in [0, 0.05) is 23.1 Å². The largest absolute Gasteiger partial charge is 0.489 e. The van der Waals surface area contributed by atoms with E-state index in [2.05, 4.69) is 47.8 Å². The Hall–Kier alpha value is -2.61. The van der Waals surface area contributed by atoms with E-state index >= 15 is 0 Å². The summed E-state index contributed by atoms with van der Waals surface area (Å²) in [5.74, 6) is 0.922. The van der Waals surface area contributed by atoms with Crippen molar-refractivity contribution < 1.29 is 4.74 Å². The number of pyridine rings is 1. The van der Waals surface area contributed by atoms with Gasteiger partial charge in [-0.25, -0.2) is 0 Å². The van der Waals surface area contributed by atoms with Gasteiger partial charge in [-0.2, -0.15) is 0 Å². The Morgan fingerprint density at radius 2 is 2.00 bits per heavy atom.